The first-order chi connectivity index (χ1) is 14.3. The van der Waals surface area contributed by atoms with E-state index in [1.807, 2.05) is 30.3 Å². The molecule has 1 aromatic heterocycles. The third-order valence-corrected chi connectivity index (χ3v) is 6.38. The van der Waals surface area contributed by atoms with Gasteiger partial charge in [-0.2, -0.15) is 0 Å². The summed E-state index contributed by atoms with van der Waals surface area (Å²) >= 11 is 0. The van der Waals surface area contributed by atoms with Gasteiger partial charge in [-0.15, -0.1) is 0 Å². The Bertz CT molecular complexity index is 1020. The molecule has 2 aromatic rings. The predicted octanol–water partition coefficient (Wildman–Crippen LogP) is 2.26. The summed E-state index contributed by atoms with van der Waals surface area (Å²) in [5.74, 6) is 0.0615. The maximum absolute atomic E-state index is 13.3. The van der Waals surface area contributed by atoms with Gasteiger partial charge in [-0.3, -0.25) is 23.6 Å². The monoisotopic (exact) mass is 412 g/mol. The van der Waals surface area contributed by atoms with Crippen LogP contribution in [0, 0.1) is 5.92 Å². The number of hydrogen-bond donors (Lipinski definition) is 1. The van der Waals surface area contributed by atoms with E-state index in [9.17, 15) is 14.4 Å². The number of ketones is 1. The summed E-state index contributed by atoms with van der Waals surface area (Å²) in [6, 6.07) is 9.98. The zero-order chi connectivity index (χ0) is 22.0. The zero-order valence-electron chi connectivity index (χ0n) is 18.3. The number of carbonyl (C=O) groups excluding carboxylic acids is 1. The number of nitrogen functional groups attached to an aromatic ring is 1. The molecule has 0 bridgehead atoms. The first kappa shape index (κ1) is 22.0. The van der Waals surface area contributed by atoms with Crippen molar-refractivity contribution in [2.24, 2.45) is 13.0 Å². The van der Waals surface area contributed by atoms with Crippen LogP contribution in [0.1, 0.15) is 56.0 Å². The fraction of sp³-hybridized carbons (Fsp3) is 0.522. The Morgan fingerprint density at radius 1 is 1.20 bits per heavy atom. The molecule has 162 valence electrons. The molecule has 0 amide bonds. The number of carbonyl (C=O) groups is 1. The van der Waals surface area contributed by atoms with E-state index in [0.717, 1.165) is 29.4 Å². The lowest BCUT2D eigenvalue weighted by atomic mass is 9.98. The molecule has 30 heavy (non-hydrogen) atoms. The molecule has 2 unspecified atom stereocenters. The van der Waals surface area contributed by atoms with Gasteiger partial charge < -0.3 is 5.73 Å². The minimum absolute atomic E-state index is 0.0520. The summed E-state index contributed by atoms with van der Waals surface area (Å²) in [6.07, 6.45) is 3.15. The first-order valence-corrected chi connectivity index (χ1v) is 10.7. The van der Waals surface area contributed by atoms with E-state index >= 15 is 0 Å². The van der Waals surface area contributed by atoms with Crippen LogP contribution in [-0.2, 0) is 13.6 Å². The highest BCUT2D eigenvalue weighted by Gasteiger charge is 2.36. The highest BCUT2D eigenvalue weighted by molar-refractivity contribution is 6.01. The van der Waals surface area contributed by atoms with Crippen molar-refractivity contribution in [2.45, 2.75) is 58.7 Å². The van der Waals surface area contributed by atoms with Crippen LogP contribution in [-0.4, -0.2) is 38.4 Å². The van der Waals surface area contributed by atoms with Crippen LogP contribution in [0.4, 0.5) is 5.82 Å². The summed E-state index contributed by atoms with van der Waals surface area (Å²) in [5, 5.41) is 0. The number of benzene rings is 1. The molecule has 1 aromatic carbocycles. The Labute approximate surface area is 177 Å². The van der Waals surface area contributed by atoms with Crippen molar-refractivity contribution >= 4 is 11.6 Å². The van der Waals surface area contributed by atoms with Crippen molar-refractivity contribution in [3.05, 3.63) is 62.3 Å². The second-order valence-corrected chi connectivity index (χ2v) is 8.43. The summed E-state index contributed by atoms with van der Waals surface area (Å²) < 4.78 is 2.29. The second-order valence-electron chi connectivity index (χ2n) is 8.43. The molecular formula is C23H32N4O3. The summed E-state index contributed by atoms with van der Waals surface area (Å²) in [5.41, 5.74) is 5.87. The molecular weight excluding hydrogens is 380 g/mol. The summed E-state index contributed by atoms with van der Waals surface area (Å²) in [4.78, 5) is 41.0. The van der Waals surface area contributed by atoms with Crippen LogP contribution in [0.3, 0.4) is 0 Å². The maximum Gasteiger partial charge on any atom is 0.332 e. The van der Waals surface area contributed by atoms with E-state index in [2.05, 4.69) is 25.7 Å². The number of aromatic nitrogens is 2. The third-order valence-electron chi connectivity index (χ3n) is 6.38. The van der Waals surface area contributed by atoms with Crippen LogP contribution >= 0.6 is 0 Å². The molecule has 0 radical (unpaired) electrons. The number of rotatable bonds is 9. The first-order valence-electron chi connectivity index (χ1n) is 10.7. The van der Waals surface area contributed by atoms with Crippen LogP contribution in [0.25, 0.3) is 0 Å². The molecule has 0 spiro atoms. The minimum Gasteiger partial charge on any atom is -0.384 e. The number of Topliss-reactive ketones (excluding diaryl/α,β-unsaturated/α-hetero) is 1. The molecule has 7 nitrogen and oxygen atoms in total. The van der Waals surface area contributed by atoms with E-state index < -0.39 is 11.2 Å². The van der Waals surface area contributed by atoms with E-state index in [1.54, 1.807) is 0 Å². The van der Waals surface area contributed by atoms with Gasteiger partial charge in [0, 0.05) is 19.1 Å². The van der Waals surface area contributed by atoms with Crippen LogP contribution in [0.2, 0.25) is 0 Å². The summed E-state index contributed by atoms with van der Waals surface area (Å²) in [7, 11) is 1.39. The molecule has 1 aliphatic rings. The standard InChI is InChI=1S/C23H32N4O3/c1-5-15(2)16(3)26(18-11-12-18)14-19(28)20-21(24)27(23(30)25(4)22(20)29)13-17-9-7-6-8-10-17/h6-10,15-16,18H,5,11-14,24H2,1-4H3. The lowest BCUT2D eigenvalue weighted by molar-refractivity contribution is 0.0843. The molecule has 7 heteroatoms. The van der Waals surface area contributed by atoms with Gasteiger partial charge >= 0.3 is 5.69 Å². The highest BCUT2D eigenvalue weighted by atomic mass is 16.2. The summed E-state index contributed by atoms with van der Waals surface area (Å²) in [6.45, 7) is 6.80. The van der Waals surface area contributed by atoms with Gasteiger partial charge in [0.1, 0.15) is 11.4 Å². The van der Waals surface area contributed by atoms with Gasteiger partial charge in [-0.25, -0.2) is 4.79 Å². The van der Waals surface area contributed by atoms with Crippen molar-refractivity contribution in [1.29, 1.82) is 0 Å². The minimum atomic E-state index is -0.626. The second kappa shape index (κ2) is 9.00. The average Bonchev–Trinajstić information content (AvgIpc) is 3.58. The van der Waals surface area contributed by atoms with Gasteiger partial charge in [0.15, 0.2) is 5.78 Å². The predicted molar refractivity (Wildman–Crippen MR) is 119 cm³/mol. The molecule has 2 N–H and O–H groups in total. The number of hydrogen-bond acceptors (Lipinski definition) is 5. The Kier molecular flexibility index (Phi) is 6.61. The molecule has 3 rings (SSSR count). The third kappa shape index (κ3) is 4.41. The van der Waals surface area contributed by atoms with Crippen LogP contribution < -0.4 is 17.0 Å². The van der Waals surface area contributed by atoms with E-state index in [4.69, 9.17) is 5.73 Å². The largest absolute Gasteiger partial charge is 0.384 e. The van der Waals surface area contributed by atoms with Gasteiger partial charge in [0.05, 0.1) is 13.1 Å². The zero-order valence-corrected chi connectivity index (χ0v) is 18.3. The fourth-order valence-electron chi connectivity index (χ4n) is 3.89. The lowest BCUT2D eigenvalue weighted by Crippen LogP contribution is -2.46. The smallest absolute Gasteiger partial charge is 0.332 e. The topological polar surface area (TPSA) is 90.3 Å². The van der Waals surface area contributed by atoms with Gasteiger partial charge in [0.2, 0.25) is 0 Å². The van der Waals surface area contributed by atoms with Crippen LogP contribution in [0.15, 0.2) is 39.9 Å². The number of nitrogens with two attached hydrogens (primary N) is 1. The van der Waals surface area contributed by atoms with Crippen molar-refractivity contribution in [2.75, 3.05) is 12.3 Å². The average molecular weight is 413 g/mol. The molecule has 1 aliphatic carbocycles. The van der Waals surface area contributed by atoms with Gasteiger partial charge in [-0.05, 0) is 31.2 Å². The number of anilines is 1. The van der Waals surface area contributed by atoms with Crippen molar-refractivity contribution in [1.82, 2.24) is 14.0 Å². The molecule has 1 fully saturated rings. The van der Waals surface area contributed by atoms with Crippen LogP contribution in [0.5, 0.6) is 0 Å². The van der Waals surface area contributed by atoms with Gasteiger partial charge in [0.25, 0.3) is 5.56 Å². The lowest BCUT2D eigenvalue weighted by Gasteiger charge is -2.32. The maximum atomic E-state index is 13.3. The van der Waals surface area contributed by atoms with Gasteiger partial charge in [-0.1, -0.05) is 50.6 Å². The SMILES string of the molecule is CCC(C)C(C)N(CC(=O)c1c(N)n(Cc2ccccc2)c(=O)n(C)c1=O)C1CC1. The fourth-order valence-corrected chi connectivity index (χ4v) is 3.89. The quantitative estimate of drug-likeness (QED) is 0.638. The van der Waals surface area contributed by atoms with Crippen molar-refractivity contribution in [3.63, 3.8) is 0 Å². The molecule has 1 heterocycles. The Morgan fingerprint density at radius 3 is 2.40 bits per heavy atom. The number of nitrogens with zero attached hydrogens (tertiary/aromatic N) is 3. The highest BCUT2D eigenvalue weighted by Crippen LogP contribution is 2.31. The van der Waals surface area contributed by atoms with Crippen molar-refractivity contribution < 1.29 is 4.79 Å². The molecule has 0 aliphatic heterocycles. The molecule has 1 saturated carbocycles. The van der Waals surface area contributed by atoms with Crippen molar-refractivity contribution in [3.8, 4) is 0 Å². The van der Waals surface area contributed by atoms with E-state index in [1.165, 1.54) is 11.6 Å². The Hall–Kier alpha value is -2.67. The Morgan fingerprint density at radius 2 is 1.83 bits per heavy atom. The molecule has 2 atom stereocenters. The van der Waals surface area contributed by atoms with E-state index in [0.29, 0.717) is 12.0 Å². The normalized spacial score (nSPS) is 15.9. The molecule has 0 saturated heterocycles. The van der Waals surface area contributed by atoms with E-state index in [-0.39, 0.29) is 36.3 Å². The Balaban J connectivity index is 1.97.